The monoisotopic (exact) mass is 246 g/mol. The molecule has 0 bridgehead atoms. The van der Waals surface area contributed by atoms with Crippen molar-refractivity contribution in [2.24, 2.45) is 0 Å². The molecule has 1 amide bonds. The number of hydrogen-bond donors (Lipinski definition) is 2. The van der Waals surface area contributed by atoms with Gasteiger partial charge in [0.1, 0.15) is 0 Å². The van der Waals surface area contributed by atoms with E-state index in [4.69, 9.17) is 11.6 Å². The fraction of sp³-hybridized carbons (Fsp3) is 0.625. The van der Waals surface area contributed by atoms with Crippen LogP contribution >= 0.6 is 23.3 Å². The van der Waals surface area contributed by atoms with Crippen molar-refractivity contribution in [1.82, 2.24) is 14.1 Å². The highest BCUT2D eigenvalue weighted by Gasteiger charge is 2.22. The summed E-state index contributed by atoms with van der Waals surface area (Å²) in [5, 5.41) is 6.23. The molecule has 7 heteroatoms. The maximum Gasteiger partial charge on any atom is 0.221 e. The minimum absolute atomic E-state index is 0.0734. The van der Waals surface area contributed by atoms with Gasteiger partial charge in [-0.25, -0.2) is 0 Å². The normalized spacial score (nSPS) is 15.0. The Labute approximate surface area is 96.5 Å². The molecule has 82 valence electrons. The lowest BCUT2D eigenvalue weighted by Crippen LogP contribution is -2.27. The number of anilines is 1. The average Bonchev–Trinajstić information content (AvgIpc) is 2.91. The molecule has 1 aliphatic rings. The number of nitrogens with zero attached hydrogens (tertiary/aromatic N) is 2. The second-order valence-corrected chi connectivity index (χ2v) is 4.31. The topological polar surface area (TPSA) is 66.9 Å². The summed E-state index contributed by atoms with van der Waals surface area (Å²) in [6.07, 6.45) is 2.66. The Bertz CT molecular complexity index is 352. The second-order valence-electron chi connectivity index (χ2n) is 3.42. The molecule has 0 spiro atoms. The van der Waals surface area contributed by atoms with Crippen LogP contribution in [0.3, 0.4) is 0 Å². The molecule has 1 aromatic rings. The number of rotatable bonds is 5. The lowest BCUT2D eigenvalue weighted by molar-refractivity contribution is -0.120. The zero-order chi connectivity index (χ0) is 10.7. The molecule has 0 unspecified atom stereocenters. The summed E-state index contributed by atoms with van der Waals surface area (Å²) in [6.45, 7) is 0.531. The molecule has 0 saturated heterocycles. The Morgan fingerprint density at radius 2 is 2.33 bits per heavy atom. The number of nitrogens with one attached hydrogen (secondary N) is 2. The molecular formula is C8H11ClN4OS. The summed E-state index contributed by atoms with van der Waals surface area (Å²) in [7, 11) is 0. The van der Waals surface area contributed by atoms with Crippen molar-refractivity contribution in [2.45, 2.75) is 25.3 Å². The summed E-state index contributed by atoms with van der Waals surface area (Å²) in [5.41, 5.74) is 0. The van der Waals surface area contributed by atoms with Crippen LogP contribution in [0.1, 0.15) is 19.3 Å². The standard InChI is InChI=1S/C8H11ClN4OS/c9-7-8(13-15-12-7)10-4-3-6(14)11-5-1-2-5/h5H,1-4H2,(H,10,13)(H,11,14). The van der Waals surface area contributed by atoms with Crippen LogP contribution in [-0.2, 0) is 4.79 Å². The van der Waals surface area contributed by atoms with Gasteiger partial charge in [-0.2, -0.15) is 8.75 Å². The van der Waals surface area contributed by atoms with Crippen molar-refractivity contribution in [3.05, 3.63) is 5.15 Å². The zero-order valence-corrected chi connectivity index (χ0v) is 9.57. The number of halogens is 1. The predicted molar refractivity (Wildman–Crippen MR) is 59.2 cm³/mol. The van der Waals surface area contributed by atoms with E-state index in [2.05, 4.69) is 19.4 Å². The first-order chi connectivity index (χ1) is 7.25. The molecule has 1 saturated carbocycles. The van der Waals surface area contributed by atoms with Gasteiger partial charge < -0.3 is 10.6 Å². The Morgan fingerprint density at radius 1 is 1.53 bits per heavy atom. The molecule has 15 heavy (non-hydrogen) atoms. The number of hydrogen-bond acceptors (Lipinski definition) is 5. The van der Waals surface area contributed by atoms with Gasteiger partial charge in [0.25, 0.3) is 0 Å². The molecule has 1 fully saturated rings. The van der Waals surface area contributed by atoms with Crippen LogP contribution in [0.15, 0.2) is 0 Å². The van der Waals surface area contributed by atoms with Gasteiger partial charge in [-0.1, -0.05) is 11.6 Å². The zero-order valence-electron chi connectivity index (χ0n) is 7.99. The van der Waals surface area contributed by atoms with Gasteiger partial charge >= 0.3 is 0 Å². The van der Waals surface area contributed by atoms with E-state index in [9.17, 15) is 4.79 Å². The highest BCUT2D eigenvalue weighted by Crippen LogP contribution is 2.19. The van der Waals surface area contributed by atoms with Crippen LogP contribution in [0, 0.1) is 0 Å². The molecule has 1 aliphatic carbocycles. The molecule has 0 aromatic carbocycles. The Hall–Kier alpha value is -0.880. The van der Waals surface area contributed by atoms with E-state index in [0.717, 1.165) is 24.6 Å². The van der Waals surface area contributed by atoms with Crippen LogP contribution < -0.4 is 10.6 Å². The minimum Gasteiger partial charge on any atom is -0.366 e. The van der Waals surface area contributed by atoms with E-state index in [0.29, 0.717) is 30.0 Å². The third-order valence-corrected chi connectivity index (χ3v) is 2.93. The molecular weight excluding hydrogens is 236 g/mol. The Balaban J connectivity index is 1.65. The molecule has 1 heterocycles. The summed E-state index contributed by atoms with van der Waals surface area (Å²) in [6, 6.07) is 0.419. The summed E-state index contributed by atoms with van der Waals surface area (Å²) in [4.78, 5) is 11.3. The van der Waals surface area contributed by atoms with Crippen molar-refractivity contribution < 1.29 is 4.79 Å². The highest BCUT2D eigenvalue weighted by molar-refractivity contribution is 6.99. The van der Waals surface area contributed by atoms with Crippen LogP contribution in [0.25, 0.3) is 0 Å². The highest BCUT2D eigenvalue weighted by atomic mass is 35.5. The fourth-order valence-corrected chi connectivity index (χ4v) is 1.79. The van der Waals surface area contributed by atoms with Crippen molar-refractivity contribution in [1.29, 1.82) is 0 Å². The Kier molecular flexibility index (Phi) is 3.37. The van der Waals surface area contributed by atoms with E-state index in [1.165, 1.54) is 0 Å². The first-order valence-electron chi connectivity index (χ1n) is 4.77. The summed E-state index contributed by atoms with van der Waals surface area (Å²) < 4.78 is 7.75. The van der Waals surface area contributed by atoms with Gasteiger partial charge in [-0.3, -0.25) is 4.79 Å². The predicted octanol–water partition coefficient (Wildman–Crippen LogP) is 1.27. The minimum atomic E-state index is 0.0734. The van der Waals surface area contributed by atoms with Gasteiger partial charge in [0.05, 0.1) is 11.7 Å². The summed E-state index contributed by atoms with van der Waals surface area (Å²) in [5.74, 6) is 0.630. The molecule has 5 nitrogen and oxygen atoms in total. The lowest BCUT2D eigenvalue weighted by atomic mass is 10.4. The SMILES string of the molecule is O=C(CCNc1nsnc1Cl)NC1CC1. The van der Waals surface area contributed by atoms with Crippen LogP contribution in [-0.4, -0.2) is 27.2 Å². The smallest absolute Gasteiger partial charge is 0.221 e. The first-order valence-corrected chi connectivity index (χ1v) is 5.88. The van der Waals surface area contributed by atoms with Crippen LogP contribution in [0.4, 0.5) is 5.82 Å². The van der Waals surface area contributed by atoms with Crippen molar-refractivity contribution in [2.75, 3.05) is 11.9 Å². The quantitative estimate of drug-likeness (QED) is 0.821. The molecule has 0 aliphatic heterocycles. The van der Waals surface area contributed by atoms with E-state index in [-0.39, 0.29) is 5.91 Å². The number of carbonyl (C=O) groups is 1. The third kappa shape index (κ3) is 3.32. The lowest BCUT2D eigenvalue weighted by Gasteiger charge is -2.03. The third-order valence-electron chi connectivity index (χ3n) is 2.04. The molecule has 0 radical (unpaired) electrons. The maximum atomic E-state index is 11.3. The van der Waals surface area contributed by atoms with Gasteiger partial charge in [0.15, 0.2) is 11.0 Å². The van der Waals surface area contributed by atoms with E-state index in [1.54, 1.807) is 0 Å². The summed E-state index contributed by atoms with van der Waals surface area (Å²) >= 11 is 6.77. The van der Waals surface area contributed by atoms with Gasteiger partial charge in [-0.05, 0) is 12.8 Å². The number of carbonyl (C=O) groups excluding carboxylic acids is 1. The molecule has 2 rings (SSSR count). The average molecular weight is 247 g/mol. The fourth-order valence-electron chi connectivity index (χ4n) is 1.11. The molecule has 0 atom stereocenters. The first kappa shape index (κ1) is 10.6. The van der Waals surface area contributed by atoms with E-state index < -0.39 is 0 Å². The van der Waals surface area contributed by atoms with Crippen LogP contribution in [0.5, 0.6) is 0 Å². The molecule has 1 aromatic heterocycles. The number of aromatic nitrogens is 2. The van der Waals surface area contributed by atoms with Crippen molar-refractivity contribution in [3.8, 4) is 0 Å². The van der Waals surface area contributed by atoms with Crippen LogP contribution in [0.2, 0.25) is 5.15 Å². The van der Waals surface area contributed by atoms with Gasteiger partial charge in [-0.15, -0.1) is 0 Å². The Morgan fingerprint density at radius 3 is 2.93 bits per heavy atom. The van der Waals surface area contributed by atoms with Crippen molar-refractivity contribution >= 4 is 35.1 Å². The maximum absolute atomic E-state index is 11.3. The van der Waals surface area contributed by atoms with Gasteiger partial charge in [0, 0.05) is 19.0 Å². The number of amides is 1. The second kappa shape index (κ2) is 4.76. The molecule has 2 N–H and O–H groups in total. The van der Waals surface area contributed by atoms with E-state index >= 15 is 0 Å². The van der Waals surface area contributed by atoms with Gasteiger partial charge in [0.2, 0.25) is 5.91 Å². The largest absolute Gasteiger partial charge is 0.366 e. The van der Waals surface area contributed by atoms with E-state index in [1.807, 2.05) is 0 Å². The van der Waals surface area contributed by atoms with Crippen molar-refractivity contribution in [3.63, 3.8) is 0 Å².